The second-order valence-corrected chi connectivity index (χ2v) is 6.28. The molecule has 0 aliphatic heterocycles. The summed E-state index contributed by atoms with van der Waals surface area (Å²) < 4.78 is 36.7. The molecule has 1 aromatic rings. The van der Waals surface area contributed by atoms with Gasteiger partial charge in [-0.05, 0) is 25.7 Å². The van der Waals surface area contributed by atoms with Crippen LogP contribution >= 0.6 is 11.3 Å². The predicted molar refractivity (Wildman–Crippen MR) is 77.4 cm³/mol. The van der Waals surface area contributed by atoms with E-state index in [0.29, 0.717) is 25.7 Å². The quantitative estimate of drug-likeness (QED) is 0.778. The molecule has 0 bridgehead atoms. The summed E-state index contributed by atoms with van der Waals surface area (Å²) in [6.45, 7) is 0. The molecule has 0 unspecified atom stereocenters. The maximum atomic E-state index is 12.2. The lowest BCUT2D eigenvalue weighted by Gasteiger charge is -2.26. The Balaban J connectivity index is 1.78. The SMILES string of the molecule is O=C(Nc1nc(CC(F)(F)F)cs1)NC1CCC(C(=O)O)CC1. The van der Waals surface area contributed by atoms with E-state index in [1.807, 2.05) is 0 Å². The Labute approximate surface area is 134 Å². The predicted octanol–water partition coefficient (Wildman–Crippen LogP) is 3.01. The van der Waals surface area contributed by atoms with Crippen molar-refractivity contribution < 1.29 is 27.9 Å². The van der Waals surface area contributed by atoms with Crippen molar-refractivity contribution in [2.24, 2.45) is 5.92 Å². The van der Waals surface area contributed by atoms with Crippen LogP contribution in [-0.4, -0.2) is 34.3 Å². The van der Waals surface area contributed by atoms with E-state index in [9.17, 15) is 22.8 Å². The van der Waals surface area contributed by atoms with Gasteiger partial charge in [-0.25, -0.2) is 9.78 Å². The van der Waals surface area contributed by atoms with Crippen molar-refractivity contribution in [2.75, 3.05) is 5.32 Å². The van der Waals surface area contributed by atoms with Gasteiger partial charge >= 0.3 is 18.2 Å². The van der Waals surface area contributed by atoms with Crippen LogP contribution in [0.1, 0.15) is 31.4 Å². The fraction of sp³-hybridized carbons (Fsp3) is 0.615. The number of aliphatic carboxylic acids is 1. The van der Waals surface area contributed by atoms with Gasteiger partial charge in [0.05, 0.1) is 18.0 Å². The fourth-order valence-electron chi connectivity index (χ4n) is 2.45. The number of carboxylic acids is 1. The van der Waals surface area contributed by atoms with Crippen LogP contribution in [0.25, 0.3) is 0 Å². The van der Waals surface area contributed by atoms with Gasteiger partial charge in [0.1, 0.15) is 0 Å². The lowest BCUT2D eigenvalue weighted by molar-refractivity contribution is -0.142. The molecule has 3 N–H and O–H groups in total. The zero-order chi connectivity index (χ0) is 17.0. The largest absolute Gasteiger partial charge is 0.481 e. The van der Waals surface area contributed by atoms with E-state index in [1.54, 1.807) is 0 Å². The van der Waals surface area contributed by atoms with E-state index in [2.05, 4.69) is 15.6 Å². The number of nitrogens with one attached hydrogen (secondary N) is 2. The van der Waals surface area contributed by atoms with Gasteiger partial charge in [-0.1, -0.05) is 0 Å². The Hall–Kier alpha value is -1.84. The first kappa shape index (κ1) is 17.5. The molecular formula is C13H16F3N3O3S. The maximum absolute atomic E-state index is 12.2. The number of halogens is 3. The van der Waals surface area contributed by atoms with Crippen molar-refractivity contribution in [3.05, 3.63) is 11.1 Å². The number of alkyl halides is 3. The molecule has 6 nitrogen and oxygen atoms in total. The third-order valence-electron chi connectivity index (χ3n) is 3.57. The first-order valence-electron chi connectivity index (χ1n) is 7.04. The van der Waals surface area contributed by atoms with Crippen LogP contribution in [0.5, 0.6) is 0 Å². The van der Waals surface area contributed by atoms with E-state index in [4.69, 9.17) is 5.11 Å². The topological polar surface area (TPSA) is 91.3 Å². The summed E-state index contributed by atoms with van der Waals surface area (Å²) >= 11 is 0.924. The number of thiazole rings is 1. The molecule has 2 rings (SSSR count). The van der Waals surface area contributed by atoms with E-state index in [-0.39, 0.29) is 22.8 Å². The van der Waals surface area contributed by atoms with Crippen molar-refractivity contribution in [2.45, 2.75) is 44.3 Å². The Morgan fingerprint density at radius 2 is 1.96 bits per heavy atom. The Kier molecular flexibility index (Phi) is 5.45. The van der Waals surface area contributed by atoms with E-state index >= 15 is 0 Å². The van der Waals surface area contributed by atoms with Crippen molar-refractivity contribution >= 4 is 28.5 Å². The summed E-state index contributed by atoms with van der Waals surface area (Å²) in [4.78, 5) is 26.3. The first-order chi connectivity index (χ1) is 10.7. The molecule has 0 spiro atoms. The molecule has 0 saturated heterocycles. The highest BCUT2D eigenvalue weighted by molar-refractivity contribution is 7.13. The number of hydrogen-bond donors (Lipinski definition) is 3. The van der Waals surface area contributed by atoms with Crippen molar-refractivity contribution in [3.8, 4) is 0 Å². The molecule has 1 saturated carbocycles. The van der Waals surface area contributed by atoms with Crippen LogP contribution in [0.4, 0.5) is 23.1 Å². The first-order valence-corrected chi connectivity index (χ1v) is 7.92. The smallest absolute Gasteiger partial charge is 0.394 e. The van der Waals surface area contributed by atoms with Gasteiger partial charge in [-0.2, -0.15) is 13.2 Å². The summed E-state index contributed by atoms with van der Waals surface area (Å²) in [7, 11) is 0. The summed E-state index contributed by atoms with van der Waals surface area (Å²) in [6, 6.07) is -0.683. The monoisotopic (exact) mass is 351 g/mol. The number of hydrogen-bond acceptors (Lipinski definition) is 4. The number of carbonyl (C=O) groups is 2. The van der Waals surface area contributed by atoms with E-state index in [0.717, 1.165) is 11.3 Å². The molecule has 10 heteroatoms. The molecular weight excluding hydrogens is 335 g/mol. The molecule has 0 atom stereocenters. The molecule has 0 radical (unpaired) electrons. The average Bonchev–Trinajstić information content (AvgIpc) is 2.84. The molecule has 1 heterocycles. The zero-order valence-electron chi connectivity index (χ0n) is 12.0. The Bertz CT molecular complexity index is 568. The fourth-order valence-corrected chi connectivity index (χ4v) is 3.16. The number of amides is 2. The highest BCUT2D eigenvalue weighted by Crippen LogP contribution is 2.26. The summed E-state index contributed by atoms with van der Waals surface area (Å²) in [5, 5.41) is 15.3. The van der Waals surface area contributed by atoms with Gasteiger partial charge < -0.3 is 10.4 Å². The zero-order valence-corrected chi connectivity index (χ0v) is 12.8. The van der Waals surface area contributed by atoms with Crippen LogP contribution in [0.3, 0.4) is 0 Å². The standard InChI is InChI=1S/C13H16F3N3O3S/c14-13(15,16)5-9-6-23-12(18-9)19-11(22)17-8-3-1-7(2-4-8)10(20)21/h6-8H,1-5H2,(H,20,21)(H2,17,18,19,22). The van der Waals surface area contributed by atoms with Gasteiger partial charge in [0.25, 0.3) is 0 Å². The van der Waals surface area contributed by atoms with E-state index in [1.165, 1.54) is 5.38 Å². The number of rotatable bonds is 4. The molecule has 1 fully saturated rings. The van der Waals surface area contributed by atoms with Crippen LogP contribution < -0.4 is 10.6 Å². The molecule has 128 valence electrons. The number of nitrogens with zero attached hydrogens (tertiary/aromatic N) is 1. The molecule has 2 amide bonds. The normalized spacial score (nSPS) is 21.7. The van der Waals surface area contributed by atoms with Crippen LogP contribution in [0, 0.1) is 5.92 Å². The van der Waals surface area contributed by atoms with Gasteiger partial charge in [0, 0.05) is 11.4 Å². The number of carboxylic acid groups (broad SMARTS) is 1. The molecule has 1 aliphatic carbocycles. The minimum Gasteiger partial charge on any atom is -0.481 e. The highest BCUT2D eigenvalue weighted by atomic mass is 32.1. The maximum Gasteiger partial charge on any atom is 0.394 e. The lowest BCUT2D eigenvalue weighted by Crippen LogP contribution is -2.40. The van der Waals surface area contributed by atoms with Gasteiger partial charge in [0.15, 0.2) is 5.13 Å². The third-order valence-corrected chi connectivity index (χ3v) is 4.37. The second-order valence-electron chi connectivity index (χ2n) is 5.42. The van der Waals surface area contributed by atoms with Crippen LogP contribution in [0.2, 0.25) is 0 Å². The average molecular weight is 351 g/mol. The highest BCUT2D eigenvalue weighted by Gasteiger charge is 2.29. The second kappa shape index (κ2) is 7.16. The Morgan fingerprint density at radius 3 is 2.52 bits per heavy atom. The number of anilines is 1. The lowest BCUT2D eigenvalue weighted by atomic mass is 9.86. The summed E-state index contributed by atoms with van der Waals surface area (Å²) in [5.74, 6) is -1.20. The van der Waals surface area contributed by atoms with Gasteiger partial charge in [0.2, 0.25) is 0 Å². The van der Waals surface area contributed by atoms with E-state index < -0.39 is 24.6 Å². The summed E-state index contributed by atoms with van der Waals surface area (Å²) in [6.07, 6.45) is -3.37. The van der Waals surface area contributed by atoms with Crippen LogP contribution in [0.15, 0.2) is 5.38 Å². The summed E-state index contributed by atoms with van der Waals surface area (Å²) in [5.41, 5.74) is -0.139. The number of urea groups is 1. The molecule has 1 aromatic heterocycles. The number of aromatic nitrogens is 1. The van der Waals surface area contributed by atoms with Gasteiger partial charge in [-0.15, -0.1) is 11.3 Å². The molecule has 0 aromatic carbocycles. The minimum atomic E-state index is -4.34. The van der Waals surface area contributed by atoms with Crippen LogP contribution in [-0.2, 0) is 11.2 Å². The van der Waals surface area contributed by atoms with Gasteiger partial charge in [-0.3, -0.25) is 10.1 Å². The van der Waals surface area contributed by atoms with Crippen molar-refractivity contribution in [3.63, 3.8) is 0 Å². The van der Waals surface area contributed by atoms with Crippen molar-refractivity contribution in [1.29, 1.82) is 0 Å². The minimum absolute atomic E-state index is 0.0981. The van der Waals surface area contributed by atoms with Crippen molar-refractivity contribution in [1.82, 2.24) is 10.3 Å². The third kappa shape index (κ3) is 5.70. The molecule has 23 heavy (non-hydrogen) atoms. The number of carbonyl (C=O) groups excluding carboxylic acids is 1. The Morgan fingerprint density at radius 1 is 1.30 bits per heavy atom. The molecule has 1 aliphatic rings.